The number of benzene rings is 1. The van der Waals surface area contributed by atoms with Gasteiger partial charge < -0.3 is 10.1 Å². The molecule has 19 heavy (non-hydrogen) atoms. The average molecular weight is 322 g/mol. The third kappa shape index (κ3) is 4.52. The standard InChI is InChI=1S/C14H16BrN3O/c1-2-6-19-14-8-13(17-10-18-14)16-9-11-4-3-5-12(15)7-11/h3-5,7-8,10H,2,6,9H2,1H3,(H,16,17,18). The maximum absolute atomic E-state index is 5.47. The monoisotopic (exact) mass is 321 g/mol. The second-order valence-electron chi connectivity index (χ2n) is 4.07. The van der Waals surface area contributed by atoms with Crippen molar-refractivity contribution in [2.24, 2.45) is 0 Å². The van der Waals surface area contributed by atoms with E-state index in [1.807, 2.05) is 18.2 Å². The Morgan fingerprint density at radius 2 is 2.16 bits per heavy atom. The van der Waals surface area contributed by atoms with Crippen LogP contribution in [0.15, 0.2) is 41.1 Å². The van der Waals surface area contributed by atoms with E-state index < -0.39 is 0 Å². The lowest BCUT2D eigenvalue weighted by Crippen LogP contribution is -2.03. The summed E-state index contributed by atoms with van der Waals surface area (Å²) in [6.07, 6.45) is 2.47. The minimum atomic E-state index is 0.605. The predicted molar refractivity (Wildman–Crippen MR) is 79.3 cm³/mol. The number of nitrogens with zero attached hydrogens (tertiary/aromatic N) is 2. The zero-order valence-electron chi connectivity index (χ0n) is 10.8. The number of aromatic nitrogens is 2. The maximum atomic E-state index is 5.47. The first-order valence-corrected chi connectivity index (χ1v) is 7.00. The normalized spacial score (nSPS) is 10.2. The molecule has 0 fully saturated rings. The van der Waals surface area contributed by atoms with Crippen molar-refractivity contribution < 1.29 is 4.74 Å². The zero-order valence-corrected chi connectivity index (χ0v) is 12.4. The Bertz CT molecular complexity index is 534. The molecule has 0 aliphatic carbocycles. The van der Waals surface area contributed by atoms with Crippen molar-refractivity contribution in [3.05, 3.63) is 46.7 Å². The molecule has 1 aromatic carbocycles. The quantitative estimate of drug-likeness (QED) is 0.882. The summed E-state index contributed by atoms with van der Waals surface area (Å²) in [6, 6.07) is 9.96. The Kier molecular flexibility index (Phi) is 5.15. The van der Waals surface area contributed by atoms with Gasteiger partial charge in [0.15, 0.2) is 0 Å². The molecular formula is C14H16BrN3O. The van der Waals surface area contributed by atoms with Crippen molar-refractivity contribution in [3.8, 4) is 5.88 Å². The topological polar surface area (TPSA) is 47.0 Å². The molecule has 2 rings (SSSR count). The summed E-state index contributed by atoms with van der Waals surface area (Å²) in [5, 5.41) is 3.25. The molecule has 0 spiro atoms. The number of ether oxygens (including phenoxy) is 1. The molecule has 0 saturated heterocycles. The van der Waals surface area contributed by atoms with Crippen LogP contribution in [0.1, 0.15) is 18.9 Å². The predicted octanol–water partition coefficient (Wildman–Crippen LogP) is 3.64. The smallest absolute Gasteiger partial charge is 0.218 e. The van der Waals surface area contributed by atoms with Crippen LogP contribution < -0.4 is 10.1 Å². The molecule has 2 aromatic rings. The van der Waals surface area contributed by atoms with Gasteiger partial charge in [-0.1, -0.05) is 35.0 Å². The number of rotatable bonds is 6. The van der Waals surface area contributed by atoms with Gasteiger partial charge in [-0.2, -0.15) is 0 Å². The van der Waals surface area contributed by atoms with Crippen LogP contribution in [-0.4, -0.2) is 16.6 Å². The molecule has 0 aliphatic rings. The average Bonchev–Trinajstić information content (AvgIpc) is 2.43. The van der Waals surface area contributed by atoms with Crippen molar-refractivity contribution in [3.63, 3.8) is 0 Å². The maximum Gasteiger partial charge on any atom is 0.218 e. The van der Waals surface area contributed by atoms with Crippen molar-refractivity contribution in [2.45, 2.75) is 19.9 Å². The van der Waals surface area contributed by atoms with E-state index in [1.54, 1.807) is 0 Å². The van der Waals surface area contributed by atoms with Crippen LogP contribution in [0.25, 0.3) is 0 Å². The van der Waals surface area contributed by atoms with Crippen LogP contribution in [0, 0.1) is 0 Å². The second-order valence-corrected chi connectivity index (χ2v) is 4.99. The number of nitrogens with one attached hydrogen (secondary N) is 1. The lowest BCUT2D eigenvalue weighted by atomic mass is 10.2. The van der Waals surface area contributed by atoms with Crippen LogP contribution in [-0.2, 0) is 6.54 Å². The molecule has 1 N–H and O–H groups in total. The first kappa shape index (κ1) is 13.8. The van der Waals surface area contributed by atoms with E-state index in [1.165, 1.54) is 11.9 Å². The van der Waals surface area contributed by atoms with Crippen LogP contribution in [0.2, 0.25) is 0 Å². The minimum Gasteiger partial charge on any atom is -0.478 e. The SMILES string of the molecule is CCCOc1cc(NCc2cccc(Br)c2)ncn1. The van der Waals surface area contributed by atoms with Crippen LogP contribution >= 0.6 is 15.9 Å². The van der Waals surface area contributed by atoms with Gasteiger partial charge in [0, 0.05) is 17.1 Å². The first-order chi connectivity index (χ1) is 9.28. The van der Waals surface area contributed by atoms with Gasteiger partial charge in [-0.05, 0) is 24.1 Å². The van der Waals surface area contributed by atoms with Gasteiger partial charge in [0.2, 0.25) is 5.88 Å². The molecule has 100 valence electrons. The van der Waals surface area contributed by atoms with Crippen LogP contribution in [0.5, 0.6) is 5.88 Å². The molecule has 0 atom stereocenters. The molecule has 0 bridgehead atoms. The lowest BCUT2D eigenvalue weighted by Gasteiger charge is -2.08. The highest BCUT2D eigenvalue weighted by atomic mass is 79.9. The van der Waals surface area contributed by atoms with Gasteiger partial charge in [0.25, 0.3) is 0 Å². The fourth-order valence-corrected chi connectivity index (χ4v) is 2.01. The summed E-state index contributed by atoms with van der Waals surface area (Å²) in [4.78, 5) is 8.24. The third-order valence-corrected chi connectivity index (χ3v) is 2.95. The van der Waals surface area contributed by atoms with Gasteiger partial charge in [0.1, 0.15) is 12.1 Å². The number of hydrogen-bond donors (Lipinski definition) is 1. The Morgan fingerprint density at radius 3 is 2.95 bits per heavy atom. The molecular weight excluding hydrogens is 306 g/mol. The summed E-state index contributed by atoms with van der Waals surface area (Å²) in [6.45, 7) is 3.44. The highest BCUT2D eigenvalue weighted by Gasteiger charge is 2.00. The Morgan fingerprint density at radius 1 is 1.26 bits per heavy atom. The first-order valence-electron chi connectivity index (χ1n) is 6.21. The van der Waals surface area contributed by atoms with E-state index in [9.17, 15) is 0 Å². The summed E-state index contributed by atoms with van der Waals surface area (Å²) < 4.78 is 6.54. The number of halogens is 1. The largest absolute Gasteiger partial charge is 0.478 e. The minimum absolute atomic E-state index is 0.605. The molecule has 0 unspecified atom stereocenters. The Balaban J connectivity index is 1.95. The second kappa shape index (κ2) is 7.09. The molecule has 1 aromatic heterocycles. The zero-order chi connectivity index (χ0) is 13.5. The lowest BCUT2D eigenvalue weighted by molar-refractivity contribution is 0.305. The van der Waals surface area contributed by atoms with Gasteiger partial charge in [-0.15, -0.1) is 0 Å². The summed E-state index contributed by atoms with van der Waals surface area (Å²) in [5.74, 6) is 1.37. The van der Waals surface area contributed by atoms with E-state index in [0.29, 0.717) is 19.0 Å². The summed E-state index contributed by atoms with van der Waals surface area (Å²) in [7, 11) is 0. The molecule has 5 heteroatoms. The van der Waals surface area contributed by atoms with Crippen molar-refractivity contribution in [2.75, 3.05) is 11.9 Å². The van der Waals surface area contributed by atoms with Gasteiger partial charge in [0.05, 0.1) is 6.61 Å². The number of anilines is 1. The molecule has 0 saturated carbocycles. The van der Waals surface area contributed by atoms with Crippen LogP contribution in [0.3, 0.4) is 0 Å². The van der Waals surface area contributed by atoms with E-state index in [-0.39, 0.29) is 0 Å². The van der Waals surface area contributed by atoms with Crippen LogP contribution in [0.4, 0.5) is 5.82 Å². The summed E-state index contributed by atoms with van der Waals surface area (Å²) >= 11 is 3.46. The fraction of sp³-hybridized carbons (Fsp3) is 0.286. The Hall–Kier alpha value is -1.62. The van der Waals surface area contributed by atoms with E-state index >= 15 is 0 Å². The molecule has 0 radical (unpaired) electrons. The highest BCUT2D eigenvalue weighted by molar-refractivity contribution is 9.10. The van der Waals surface area contributed by atoms with E-state index in [2.05, 4.69) is 50.3 Å². The fourth-order valence-electron chi connectivity index (χ4n) is 1.56. The van der Waals surface area contributed by atoms with Gasteiger partial charge >= 0.3 is 0 Å². The van der Waals surface area contributed by atoms with Crippen molar-refractivity contribution >= 4 is 21.7 Å². The molecule has 1 heterocycles. The van der Waals surface area contributed by atoms with Crippen molar-refractivity contribution in [1.82, 2.24) is 9.97 Å². The van der Waals surface area contributed by atoms with Crippen molar-refractivity contribution in [1.29, 1.82) is 0 Å². The van der Waals surface area contributed by atoms with Gasteiger partial charge in [-0.25, -0.2) is 9.97 Å². The Labute approximate surface area is 121 Å². The number of hydrogen-bond acceptors (Lipinski definition) is 4. The third-order valence-electron chi connectivity index (χ3n) is 2.46. The van der Waals surface area contributed by atoms with Gasteiger partial charge in [-0.3, -0.25) is 0 Å². The molecule has 4 nitrogen and oxygen atoms in total. The molecule has 0 amide bonds. The van der Waals surface area contributed by atoms with E-state index in [4.69, 9.17) is 4.74 Å². The van der Waals surface area contributed by atoms with E-state index in [0.717, 1.165) is 16.7 Å². The highest BCUT2D eigenvalue weighted by Crippen LogP contribution is 2.15. The molecule has 0 aliphatic heterocycles. The summed E-state index contributed by atoms with van der Waals surface area (Å²) in [5.41, 5.74) is 1.18.